The van der Waals surface area contributed by atoms with Gasteiger partial charge in [-0.15, -0.1) is 11.8 Å². The van der Waals surface area contributed by atoms with E-state index in [1.54, 1.807) is 24.9 Å². The fourth-order valence-electron chi connectivity index (χ4n) is 1.55. The number of nitrogens with two attached hydrogens (primary N) is 1. The standard InChI is InChI=1S/C14H14ClNOS/c1-17-12-3-2-4-13(8-12)18-9-10-7-11(15)5-6-14(10)16/h2-8H,9,16H2,1H3. The molecule has 0 aromatic heterocycles. The molecule has 0 heterocycles. The molecule has 0 unspecified atom stereocenters. The number of thioether (sulfide) groups is 1. The van der Waals surface area contributed by atoms with Gasteiger partial charge in [0, 0.05) is 21.4 Å². The summed E-state index contributed by atoms with van der Waals surface area (Å²) < 4.78 is 5.19. The molecule has 0 spiro atoms. The lowest BCUT2D eigenvalue weighted by molar-refractivity contribution is 0.413. The molecule has 4 heteroatoms. The van der Waals surface area contributed by atoms with Crippen LogP contribution in [0, 0.1) is 0 Å². The Bertz CT molecular complexity index is 545. The predicted molar refractivity (Wildman–Crippen MR) is 78.4 cm³/mol. The summed E-state index contributed by atoms with van der Waals surface area (Å²) in [6, 6.07) is 13.5. The lowest BCUT2D eigenvalue weighted by atomic mass is 10.2. The number of nitrogen functional groups attached to an aromatic ring is 1. The van der Waals surface area contributed by atoms with Gasteiger partial charge in [0.2, 0.25) is 0 Å². The highest BCUT2D eigenvalue weighted by atomic mass is 35.5. The minimum Gasteiger partial charge on any atom is -0.497 e. The van der Waals surface area contributed by atoms with Crippen molar-refractivity contribution in [3.8, 4) is 5.75 Å². The Balaban J connectivity index is 2.08. The Kier molecular flexibility index (Phi) is 4.39. The van der Waals surface area contributed by atoms with Crippen molar-refractivity contribution in [2.75, 3.05) is 12.8 Å². The first-order valence-corrected chi connectivity index (χ1v) is 6.86. The zero-order valence-electron chi connectivity index (χ0n) is 10.0. The van der Waals surface area contributed by atoms with Crippen molar-refractivity contribution in [1.82, 2.24) is 0 Å². The summed E-state index contributed by atoms with van der Waals surface area (Å²) in [5, 5.41) is 0.713. The van der Waals surface area contributed by atoms with E-state index in [4.69, 9.17) is 22.1 Å². The molecule has 2 aromatic carbocycles. The predicted octanol–water partition coefficient (Wildman–Crippen LogP) is 4.22. The van der Waals surface area contributed by atoms with Gasteiger partial charge in [0.25, 0.3) is 0 Å². The summed E-state index contributed by atoms with van der Waals surface area (Å²) in [6.45, 7) is 0. The van der Waals surface area contributed by atoms with Crippen LogP contribution in [-0.2, 0) is 5.75 Å². The van der Waals surface area contributed by atoms with Crippen molar-refractivity contribution in [2.45, 2.75) is 10.6 Å². The fraction of sp³-hybridized carbons (Fsp3) is 0.143. The van der Waals surface area contributed by atoms with Crippen molar-refractivity contribution in [1.29, 1.82) is 0 Å². The maximum atomic E-state index is 5.96. The monoisotopic (exact) mass is 279 g/mol. The van der Waals surface area contributed by atoms with E-state index in [-0.39, 0.29) is 0 Å². The van der Waals surface area contributed by atoms with Gasteiger partial charge in [0.15, 0.2) is 0 Å². The van der Waals surface area contributed by atoms with E-state index in [2.05, 4.69) is 0 Å². The van der Waals surface area contributed by atoms with Crippen LogP contribution in [0.1, 0.15) is 5.56 Å². The van der Waals surface area contributed by atoms with E-state index >= 15 is 0 Å². The van der Waals surface area contributed by atoms with E-state index in [1.807, 2.05) is 36.4 Å². The number of methoxy groups -OCH3 is 1. The first-order chi connectivity index (χ1) is 8.69. The van der Waals surface area contributed by atoms with Crippen molar-refractivity contribution >= 4 is 29.1 Å². The second-order valence-corrected chi connectivity index (χ2v) is 5.30. The Morgan fingerprint density at radius 1 is 1.22 bits per heavy atom. The first kappa shape index (κ1) is 13.1. The highest BCUT2D eigenvalue weighted by Crippen LogP contribution is 2.29. The lowest BCUT2D eigenvalue weighted by Gasteiger charge is -2.07. The van der Waals surface area contributed by atoms with E-state index in [1.165, 1.54) is 0 Å². The molecule has 0 bridgehead atoms. The van der Waals surface area contributed by atoms with Crippen LogP contribution in [0.25, 0.3) is 0 Å². The molecule has 2 N–H and O–H groups in total. The van der Waals surface area contributed by atoms with Crippen molar-refractivity contribution in [3.63, 3.8) is 0 Å². The quantitative estimate of drug-likeness (QED) is 0.672. The van der Waals surface area contributed by atoms with Gasteiger partial charge in [-0.2, -0.15) is 0 Å². The molecule has 0 fully saturated rings. The molecule has 0 aliphatic heterocycles. The molecule has 0 atom stereocenters. The van der Waals surface area contributed by atoms with Crippen LogP contribution in [0.15, 0.2) is 47.4 Å². The average Bonchev–Trinajstić information content (AvgIpc) is 2.40. The molecule has 0 radical (unpaired) electrons. The first-order valence-electron chi connectivity index (χ1n) is 5.50. The van der Waals surface area contributed by atoms with Crippen LogP contribution in [0.5, 0.6) is 5.75 Å². The van der Waals surface area contributed by atoms with E-state index < -0.39 is 0 Å². The molecule has 18 heavy (non-hydrogen) atoms. The van der Waals surface area contributed by atoms with Crippen LogP contribution >= 0.6 is 23.4 Å². The minimum atomic E-state index is 0.713. The number of anilines is 1. The highest BCUT2D eigenvalue weighted by Gasteiger charge is 2.02. The van der Waals surface area contributed by atoms with Crippen molar-refractivity contribution < 1.29 is 4.74 Å². The van der Waals surface area contributed by atoms with Gasteiger partial charge in [-0.25, -0.2) is 0 Å². The van der Waals surface area contributed by atoms with Crippen molar-refractivity contribution in [2.24, 2.45) is 0 Å². The molecule has 0 saturated carbocycles. The number of benzene rings is 2. The van der Waals surface area contributed by atoms with Crippen LogP contribution in [-0.4, -0.2) is 7.11 Å². The molecule has 0 saturated heterocycles. The Hall–Kier alpha value is -1.32. The van der Waals surface area contributed by atoms with Crippen LogP contribution in [0.3, 0.4) is 0 Å². The molecular weight excluding hydrogens is 266 g/mol. The Labute approximate surface area is 116 Å². The SMILES string of the molecule is COc1cccc(SCc2cc(Cl)ccc2N)c1. The third-order valence-corrected chi connectivity index (χ3v) is 3.82. The molecule has 0 amide bonds. The average molecular weight is 280 g/mol. The largest absolute Gasteiger partial charge is 0.497 e. The second-order valence-electron chi connectivity index (χ2n) is 3.81. The summed E-state index contributed by atoms with van der Waals surface area (Å²) in [5.41, 5.74) is 7.74. The topological polar surface area (TPSA) is 35.2 Å². The van der Waals surface area contributed by atoms with Gasteiger partial charge in [0.1, 0.15) is 5.75 Å². The maximum absolute atomic E-state index is 5.96. The minimum absolute atomic E-state index is 0.713. The molecule has 0 aliphatic carbocycles. The molecule has 2 rings (SSSR count). The molecule has 2 nitrogen and oxygen atoms in total. The van der Waals surface area contributed by atoms with Crippen molar-refractivity contribution in [3.05, 3.63) is 53.1 Å². The van der Waals surface area contributed by atoms with E-state index in [0.29, 0.717) is 5.02 Å². The third kappa shape index (κ3) is 3.34. The Morgan fingerprint density at radius 3 is 2.83 bits per heavy atom. The Morgan fingerprint density at radius 2 is 2.06 bits per heavy atom. The summed E-state index contributed by atoms with van der Waals surface area (Å²) in [7, 11) is 1.67. The number of ether oxygens (including phenoxy) is 1. The number of hydrogen-bond acceptors (Lipinski definition) is 3. The van der Waals surface area contributed by atoms with Gasteiger partial charge >= 0.3 is 0 Å². The van der Waals surface area contributed by atoms with Gasteiger partial charge in [0.05, 0.1) is 7.11 Å². The van der Waals surface area contributed by atoms with Gasteiger partial charge < -0.3 is 10.5 Å². The smallest absolute Gasteiger partial charge is 0.119 e. The number of hydrogen-bond donors (Lipinski definition) is 1. The van der Waals surface area contributed by atoms with E-state index in [0.717, 1.165) is 27.6 Å². The van der Waals surface area contributed by atoms with Gasteiger partial charge in [-0.1, -0.05) is 17.7 Å². The normalized spacial score (nSPS) is 10.3. The summed E-state index contributed by atoms with van der Waals surface area (Å²) in [4.78, 5) is 1.15. The fourth-order valence-corrected chi connectivity index (χ4v) is 2.69. The molecular formula is C14H14ClNOS. The summed E-state index contributed by atoms with van der Waals surface area (Å²) in [5.74, 6) is 1.65. The third-order valence-electron chi connectivity index (χ3n) is 2.54. The maximum Gasteiger partial charge on any atom is 0.119 e. The summed E-state index contributed by atoms with van der Waals surface area (Å²) in [6.07, 6.45) is 0. The molecule has 94 valence electrons. The zero-order valence-corrected chi connectivity index (χ0v) is 11.6. The zero-order chi connectivity index (χ0) is 13.0. The molecule has 0 aliphatic rings. The van der Waals surface area contributed by atoms with Gasteiger partial charge in [-0.05, 0) is 42.0 Å². The van der Waals surface area contributed by atoms with Gasteiger partial charge in [-0.3, -0.25) is 0 Å². The lowest BCUT2D eigenvalue weighted by Crippen LogP contribution is -1.92. The number of rotatable bonds is 4. The second kappa shape index (κ2) is 6.03. The highest BCUT2D eigenvalue weighted by molar-refractivity contribution is 7.98. The molecule has 2 aromatic rings. The van der Waals surface area contributed by atoms with Crippen LogP contribution < -0.4 is 10.5 Å². The summed E-state index contributed by atoms with van der Waals surface area (Å²) >= 11 is 7.67. The van der Waals surface area contributed by atoms with Crippen LogP contribution in [0.2, 0.25) is 5.02 Å². The van der Waals surface area contributed by atoms with Crippen LogP contribution in [0.4, 0.5) is 5.69 Å². The number of halogens is 1. The van der Waals surface area contributed by atoms with E-state index in [9.17, 15) is 0 Å².